The van der Waals surface area contributed by atoms with Gasteiger partial charge in [-0.25, -0.2) is 4.98 Å². The van der Waals surface area contributed by atoms with Gasteiger partial charge in [-0.1, -0.05) is 84.9 Å². The molecule has 4 heteroatoms. The number of hydrogen-bond donors (Lipinski definition) is 0. The van der Waals surface area contributed by atoms with E-state index in [9.17, 15) is 0 Å². The average Bonchev–Trinajstić information content (AvgIpc) is 3.53. The Morgan fingerprint density at radius 2 is 1.24 bits per heavy atom. The molecule has 38 heavy (non-hydrogen) atoms. The maximum Gasteiger partial charge on any atom is 0.0985 e. The molecule has 0 spiro atoms. The van der Waals surface area contributed by atoms with Crippen molar-refractivity contribution in [1.29, 1.82) is 0 Å². The predicted octanol–water partition coefficient (Wildman–Crippen LogP) is 9.28. The van der Waals surface area contributed by atoms with Crippen LogP contribution in [-0.4, -0.2) is 14.5 Å². The molecule has 0 aliphatic heterocycles. The number of pyridine rings is 2. The van der Waals surface area contributed by atoms with Crippen molar-refractivity contribution < 1.29 is 0 Å². The van der Waals surface area contributed by atoms with Crippen LogP contribution >= 0.6 is 11.3 Å². The van der Waals surface area contributed by atoms with Crippen molar-refractivity contribution in [2.45, 2.75) is 0 Å². The largest absolute Gasteiger partial charge is 0.306 e. The molecule has 0 unspecified atom stereocenters. The Hall–Kier alpha value is -4.80. The summed E-state index contributed by atoms with van der Waals surface area (Å²) in [5.74, 6) is 0. The van der Waals surface area contributed by atoms with Gasteiger partial charge in [0.15, 0.2) is 0 Å². The molecule has 0 aliphatic rings. The minimum absolute atomic E-state index is 0.964. The lowest BCUT2D eigenvalue weighted by Gasteiger charge is -2.09. The van der Waals surface area contributed by atoms with Crippen molar-refractivity contribution >= 4 is 53.4 Å². The minimum atomic E-state index is 0.964. The molecule has 0 saturated carbocycles. The zero-order valence-electron chi connectivity index (χ0n) is 20.4. The second-order valence-corrected chi connectivity index (χ2v) is 10.5. The van der Waals surface area contributed by atoms with Crippen LogP contribution in [0.1, 0.15) is 0 Å². The third-order valence-corrected chi connectivity index (χ3v) is 8.47. The number of aromatic nitrogens is 3. The third kappa shape index (κ3) is 3.21. The van der Waals surface area contributed by atoms with Crippen LogP contribution in [0.15, 0.2) is 128 Å². The lowest BCUT2D eigenvalue weighted by Crippen LogP contribution is -1.96. The van der Waals surface area contributed by atoms with Gasteiger partial charge in [0.1, 0.15) is 0 Å². The molecular formula is C34H21N3S. The van der Waals surface area contributed by atoms with Crippen molar-refractivity contribution in [3.05, 3.63) is 128 Å². The monoisotopic (exact) mass is 503 g/mol. The highest BCUT2D eigenvalue weighted by Gasteiger charge is 2.19. The Morgan fingerprint density at radius 3 is 2.00 bits per heavy atom. The molecule has 0 amide bonds. The SMILES string of the molecule is c1ccc(-c2ccc(-n3c4ccc(-c5ccccc5)nc4c4c5sc6ccccc6c5ccc43)cn2)cc1. The van der Waals surface area contributed by atoms with Crippen LogP contribution in [0.2, 0.25) is 0 Å². The highest BCUT2D eigenvalue weighted by atomic mass is 32.1. The fraction of sp³-hybridized carbons (Fsp3) is 0. The average molecular weight is 504 g/mol. The quantitative estimate of drug-likeness (QED) is 0.240. The normalized spacial score (nSPS) is 11.7. The van der Waals surface area contributed by atoms with Crippen molar-refractivity contribution in [2.24, 2.45) is 0 Å². The zero-order valence-corrected chi connectivity index (χ0v) is 21.2. The predicted molar refractivity (Wildman–Crippen MR) is 160 cm³/mol. The number of nitrogens with zero attached hydrogens (tertiary/aromatic N) is 3. The van der Waals surface area contributed by atoms with Gasteiger partial charge in [-0.2, -0.15) is 0 Å². The molecule has 0 saturated heterocycles. The van der Waals surface area contributed by atoms with Crippen molar-refractivity contribution in [1.82, 2.24) is 14.5 Å². The number of thiophene rings is 1. The molecule has 0 atom stereocenters. The fourth-order valence-electron chi connectivity index (χ4n) is 5.49. The smallest absolute Gasteiger partial charge is 0.0985 e. The van der Waals surface area contributed by atoms with Crippen molar-refractivity contribution in [3.63, 3.8) is 0 Å². The van der Waals surface area contributed by atoms with E-state index in [0.29, 0.717) is 0 Å². The molecule has 0 bridgehead atoms. The molecule has 4 heterocycles. The summed E-state index contributed by atoms with van der Waals surface area (Å²) in [6.07, 6.45) is 1.97. The summed E-state index contributed by atoms with van der Waals surface area (Å²) in [4.78, 5) is 10.1. The molecule has 178 valence electrons. The van der Waals surface area contributed by atoms with Crippen molar-refractivity contribution in [3.8, 4) is 28.2 Å². The van der Waals surface area contributed by atoms with Crippen LogP contribution in [0.25, 0.3) is 70.3 Å². The summed E-state index contributed by atoms with van der Waals surface area (Å²) in [6.45, 7) is 0. The summed E-state index contributed by atoms with van der Waals surface area (Å²) in [5.41, 5.74) is 8.45. The van der Waals surface area contributed by atoms with Crippen LogP contribution < -0.4 is 0 Å². The Morgan fingerprint density at radius 1 is 0.553 bits per heavy atom. The third-order valence-electron chi connectivity index (χ3n) is 7.26. The first kappa shape index (κ1) is 21.3. The summed E-state index contributed by atoms with van der Waals surface area (Å²) in [5, 5.41) is 3.77. The van der Waals surface area contributed by atoms with E-state index in [2.05, 4.69) is 102 Å². The Labute approximate surface area is 223 Å². The molecule has 0 fully saturated rings. The van der Waals surface area contributed by atoms with Crippen LogP contribution in [0, 0.1) is 0 Å². The van der Waals surface area contributed by atoms with E-state index in [-0.39, 0.29) is 0 Å². The van der Waals surface area contributed by atoms with Crippen molar-refractivity contribution in [2.75, 3.05) is 0 Å². The lowest BCUT2D eigenvalue weighted by atomic mass is 10.1. The maximum absolute atomic E-state index is 5.27. The maximum atomic E-state index is 5.27. The number of fused-ring (bicyclic) bond motifs is 7. The number of benzene rings is 4. The van der Waals surface area contributed by atoms with Gasteiger partial charge in [-0.05, 0) is 36.4 Å². The highest BCUT2D eigenvalue weighted by Crippen LogP contribution is 2.43. The summed E-state index contributed by atoms with van der Waals surface area (Å²) >= 11 is 1.85. The van der Waals surface area contributed by atoms with Gasteiger partial charge in [-0.3, -0.25) is 4.98 Å². The summed E-state index contributed by atoms with van der Waals surface area (Å²) in [7, 11) is 0. The molecule has 4 aromatic heterocycles. The number of hydrogen-bond acceptors (Lipinski definition) is 3. The van der Waals surface area contributed by atoms with E-state index in [4.69, 9.17) is 9.97 Å². The van der Waals surface area contributed by atoms with Gasteiger partial charge in [0.05, 0.1) is 39.8 Å². The second-order valence-electron chi connectivity index (χ2n) is 9.47. The van der Waals surface area contributed by atoms with E-state index >= 15 is 0 Å². The van der Waals surface area contributed by atoms with Crippen LogP contribution in [0.4, 0.5) is 0 Å². The van der Waals surface area contributed by atoms with Gasteiger partial charge in [0.25, 0.3) is 0 Å². The van der Waals surface area contributed by atoms with Crippen LogP contribution in [0.5, 0.6) is 0 Å². The van der Waals surface area contributed by atoms with Gasteiger partial charge in [0, 0.05) is 36.7 Å². The summed E-state index contributed by atoms with van der Waals surface area (Å²) < 4.78 is 4.88. The highest BCUT2D eigenvalue weighted by molar-refractivity contribution is 7.26. The molecule has 0 N–H and O–H groups in total. The molecule has 0 radical (unpaired) electrons. The number of rotatable bonds is 3. The molecule has 3 nitrogen and oxygen atoms in total. The first-order chi connectivity index (χ1) is 18.8. The molecule has 0 aliphatic carbocycles. The Balaban J connectivity index is 1.44. The van der Waals surface area contributed by atoms with E-state index in [0.717, 1.165) is 44.8 Å². The van der Waals surface area contributed by atoms with E-state index in [1.807, 2.05) is 41.8 Å². The topological polar surface area (TPSA) is 30.7 Å². The fourth-order valence-corrected chi connectivity index (χ4v) is 6.73. The van der Waals surface area contributed by atoms with Crippen LogP contribution in [0.3, 0.4) is 0 Å². The van der Waals surface area contributed by atoms with Gasteiger partial charge in [-0.15, -0.1) is 11.3 Å². The van der Waals surface area contributed by atoms with Gasteiger partial charge in [0.2, 0.25) is 0 Å². The molecule has 4 aromatic carbocycles. The Bertz CT molecular complexity index is 2110. The van der Waals surface area contributed by atoms with E-state index < -0.39 is 0 Å². The zero-order chi connectivity index (χ0) is 25.1. The Kier molecular flexibility index (Phi) is 4.69. The van der Waals surface area contributed by atoms with E-state index in [1.54, 1.807) is 0 Å². The first-order valence-corrected chi connectivity index (χ1v) is 13.5. The second kappa shape index (κ2) is 8.37. The van der Waals surface area contributed by atoms with Gasteiger partial charge < -0.3 is 4.57 Å². The lowest BCUT2D eigenvalue weighted by molar-refractivity contribution is 1.14. The summed E-state index contributed by atoms with van der Waals surface area (Å²) in [6, 6.07) is 42.5. The molecular weight excluding hydrogens is 482 g/mol. The molecule has 8 aromatic rings. The van der Waals surface area contributed by atoms with Crippen LogP contribution in [-0.2, 0) is 0 Å². The standard InChI is InChI=1S/C34H21N3S/c1-3-9-22(10-4-1)27-17-15-24(21-35-27)37-29-19-16-26-25-13-7-8-14-31(25)38-34(26)32(29)33-30(37)20-18-28(36-33)23-11-5-2-6-12-23/h1-21H. The van der Waals surface area contributed by atoms with Gasteiger partial charge >= 0.3 is 0 Å². The van der Waals surface area contributed by atoms with E-state index in [1.165, 1.54) is 25.6 Å². The first-order valence-electron chi connectivity index (χ1n) is 12.7. The molecule has 8 rings (SSSR count). The minimum Gasteiger partial charge on any atom is -0.306 e.